The molecule has 3 fully saturated rings. The zero-order chi connectivity index (χ0) is 23.2. The van der Waals surface area contributed by atoms with Crippen molar-refractivity contribution in [3.63, 3.8) is 0 Å². The smallest absolute Gasteiger partial charge is 0.255 e. The number of nitrogens with zero attached hydrogens (tertiary/aromatic N) is 2. The number of carbonyl (C=O) groups is 4. The highest BCUT2D eigenvalue weighted by molar-refractivity contribution is 6.06. The van der Waals surface area contributed by atoms with Crippen molar-refractivity contribution in [2.24, 2.45) is 5.41 Å². The highest BCUT2D eigenvalue weighted by atomic mass is 16.2. The van der Waals surface area contributed by atoms with E-state index in [-0.39, 0.29) is 24.1 Å². The first-order chi connectivity index (χ1) is 15.9. The van der Waals surface area contributed by atoms with E-state index in [4.69, 9.17) is 0 Å². The molecule has 4 aliphatic heterocycles. The number of β-lactam (4-membered cyclic amide) rings is 1. The minimum absolute atomic E-state index is 0.167. The van der Waals surface area contributed by atoms with Gasteiger partial charge in [0.05, 0.1) is 5.41 Å². The van der Waals surface area contributed by atoms with E-state index in [1.165, 1.54) is 0 Å². The Labute approximate surface area is 193 Å². The lowest BCUT2D eigenvalue weighted by atomic mass is 9.78. The van der Waals surface area contributed by atoms with E-state index in [2.05, 4.69) is 16.0 Å². The second-order valence-electron chi connectivity index (χ2n) is 9.93. The van der Waals surface area contributed by atoms with E-state index in [1.807, 2.05) is 30.0 Å². The number of amides is 4. The van der Waals surface area contributed by atoms with Gasteiger partial charge in [-0.2, -0.15) is 0 Å². The average molecular weight is 454 g/mol. The predicted octanol–water partition coefficient (Wildman–Crippen LogP) is 0.138. The molecule has 0 aromatic heterocycles. The minimum atomic E-state index is -0.615. The third kappa shape index (κ3) is 3.93. The first kappa shape index (κ1) is 22.0. The molecule has 2 atom stereocenters. The standard InChI is InChI=1S/C24H31N5O4/c1-24(14-29(23(24)33)17-7-9-25-10-8-17)13-26-11-15-3-2-4-16-12-28(22(32)20(15)16)18-5-6-19(30)27-21(18)31/h2-4,17-18,25-26H,5-14H2,1H3,(H,27,30,31). The summed E-state index contributed by atoms with van der Waals surface area (Å²) in [7, 11) is 0. The molecule has 4 aliphatic rings. The highest BCUT2D eigenvalue weighted by Gasteiger charge is 2.50. The quantitative estimate of drug-likeness (QED) is 0.417. The third-order valence-corrected chi connectivity index (χ3v) is 7.52. The van der Waals surface area contributed by atoms with Crippen LogP contribution in [0.25, 0.3) is 0 Å². The Kier molecular flexibility index (Phi) is 5.70. The molecule has 3 N–H and O–H groups in total. The fraction of sp³-hybridized carbons (Fsp3) is 0.583. The van der Waals surface area contributed by atoms with Crippen molar-refractivity contribution in [2.45, 2.75) is 57.8 Å². The van der Waals surface area contributed by atoms with Crippen LogP contribution in [0.5, 0.6) is 0 Å². The zero-order valence-electron chi connectivity index (χ0n) is 19.0. The predicted molar refractivity (Wildman–Crippen MR) is 120 cm³/mol. The number of likely N-dealkylation sites (tertiary alicyclic amines) is 1. The Morgan fingerprint density at radius 2 is 1.88 bits per heavy atom. The SMILES string of the molecule is CC1(CNCc2cccc3c2C(=O)N(C2CCC(=O)NC2=O)C3)CN(C2CCNCC2)C1=O. The van der Waals surface area contributed by atoms with Crippen LogP contribution < -0.4 is 16.0 Å². The number of fused-ring (bicyclic) bond motifs is 1. The fourth-order valence-electron chi connectivity index (χ4n) is 5.63. The molecule has 5 rings (SSSR count). The van der Waals surface area contributed by atoms with Crippen molar-refractivity contribution in [1.29, 1.82) is 0 Å². The monoisotopic (exact) mass is 453 g/mol. The normalized spacial score (nSPS) is 28.1. The van der Waals surface area contributed by atoms with Gasteiger partial charge in [0.25, 0.3) is 5.91 Å². The summed E-state index contributed by atoms with van der Waals surface area (Å²) in [5, 5.41) is 9.08. The van der Waals surface area contributed by atoms with Crippen molar-refractivity contribution < 1.29 is 19.2 Å². The lowest BCUT2D eigenvalue weighted by molar-refractivity contribution is -0.163. The number of hydrogen-bond donors (Lipinski definition) is 3. The summed E-state index contributed by atoms with van der Waals surface area (Å²) in [4.78, 5) is 53.4. The average Bonchev–Trinajstić information content (AvgIpc) is 3.15. The molecule has 4 heterocycles. The molecule has 0 aliphatic carbocycles. The highest BCUT2D eigenvalue weighted by Crippen LogP contribution is 2.35. The molecule has 4 amide bonds. The molecule has 9 heteroatoms. The van der Waals surface area contributed by atoms with Gasteiger partial charge >= 0.3 is 0 Å². The number of imide groups is 1. The van der Waals surface area contributed by atoms with Crippen molar-refractivity contribution in [2.75, 3.05) is 26.2 Å². The summed E-state index contributed by atoms with van der Waals surface area (Å²) in [6.45, 7) is 6.11. The molecule has 176 valence electrons. The Morgan fingerprint density at radius 1 is 1.09 bits per heavy atom. The second kappa shape index (κ2) is 8.53. The van der Waals surface area contributed by atoms with Crippen molar-refractivity contribution >= 4 is 23.6 Å². The number of benzene rings is 1. The van der Waals surface area contributed by atoms with Crippen molar-refractivity contribution in [1.82, 2.24) is 25.8 Å². The Hall–Kier alpha value is -2.78. The number of hydrogen-bond acceptors (Lipinski definition) is 6. The van der Waals surface area contributed by atoms with Crippen LogP contribution in [0.2, 0.25) is 0 Å². The summed E-state index contributed by atoms with van der Waals surface area (Å²) in [5.74, 6) is -0.648. The summed E-state index contributed by atoms with van der Waals surface area (Å²) < 4.78 is 0. The molecule has 0 saturated carbocycles. The zero-order valence-corrected chi connectivity index (χ0v) is 19.0. The number of rotatable bonds is 6. The van der Waals surface area contributed by atoms with Gasteiger partial charge in [-0.15, -0.1) is 0 Å². The summed E-state index contributed by atoms with van der Waals surface area (Å²) >= 11 is 0. The molecule has 3 saturated heterocycles. The lowest BCUT2D eigenvalue weighted by Crippen LogP contribution is -2.67. The van der Waals surface area contributed by atoms with Crippen LogP contribution in [0, 0.1) is 5.41 Å². The van der Waals surface area contributed by atoms with E-state index < -0.39 is 17.4 Å². The van der Waals surface area contributed by atoms with Gasteiger partial charge < -0.3 is 20.4 Å². The molecular weight excluding hydrogens is 422 g/mol. The van der Waals surface area contributed by atoms with Crippen LogP contribution in [0.4, 0.5) is 0 Å². The van der Waals surface area contributed by atoms with Gasteiger partial charge in [0.15, 0.2) is 0 Å². The second-order valence-corrected chi connectivity index (χ2v) is 9.93. The van der Waals surface area contributed by atoms with Gasteiger partial charge in [0.1, 0.15) is 6.04 Å². The maximum absolute atomic E-state index is 13.2. The van der Waals surface area contributed by atoms with Crippen molar-refractivity contribution in [3.8, 4) is 0 Å². The summed E-state index contributed by atoms with van der Waals surface area (Å²) in [5.41, 5.74) is 1.99. The molecule has 0 radical (unpaired) electrons. The van der Waals surface area contributed by atoms with Gasteiger partial charge in [-0.25, -0.2) is 0 Å². The maximum Gasteiger partial charge on any atom is 0.255 e. The van der Waals surface area contributed by atoms with Crippen LogP contribution in [-0.2, 0) is 27.5 Å². The largest absolute Gasteiger partial charge is 0.338 e. The molecular formula is C24H31N5O4. The molecule has 0 spiro atoms. The maximum atomic E-state index is 13.2. The number of nitrogens with one attached hydrogen (secondary N) is 3. The van der Waals surface area contributed by atoms with E-state index in [0.29, 0.717) is 37.7 Å². The Morgan fingerprint density at radius 3 is 2.61 bits per heavy atom. The van der Waals surface area contributed by atoms with Gasteiger partial charge in [0, 0.05) is 44.2 Å². The van der Waals surface area contributed by atoms with Crippen LogP contribution in [0.15, 0.2) is 18.2 Å². The van der Waals surface area contributed by atoms with Gasteiger partial charge in [-0.3, -0.25) is 24.5 Å². The van der Waals surface area contributed by atoms with E-state index in [9.17, 15) is 19.2 Å². The summed E-state index contributed by atoms with van der Waals surface area (Å²) in [6.07, 6.45) is 2.62. The third-order valence-electron chi connectivity index (χ3n) is 7.52. The van der Waals surface area contributed by atoms with E-state index >= 15 is 0 Å². The fourth-order valence-corrected chi connectivity index (χ4v) is 5.63. The van der Waals surface area contributed by atoms with Crippen LogP contribution in [-0.4, -0.2) is 71.7 Å². The molecule has 0 bridgehead atoms. The first-order valence-electron chi connectivity index (χ1n) is 11.9. The molecule has 9 nitrogen and oxygen atoms in total. The van der Waals surface area contributed by atoms with E-state index in [0.717, 1.165) is 43.6 Å². The van der Waals surface area contributed by atoms with Gasteiger partial charge in [0.2, 0.25) is 17.7 Å². The number of carbonyl (C=O) groups excluding carboxylic acids is 4. The minimum Gasteiger partial charge on any atom is -0.338 e. The molecule has 1 aromatic rings. The van der Waals surface area contributed by atoms with Crippen LogP contribution >= 0.6 is 0 Å². The summed E-state index contributed by atoms with van der Waals surface area (Å²) in [6, 6.07) is 5.49. The Bertz CT molecular complexity index is 1000. The lowest BCUT2D eigenvalue weighted by Gasteiger charge is -2.51. The topological polar surface area (TPSA) is 111 Å². The first-order valence-corrected chi connectivity index (χ1v) is 11.9. The van der Waals surface area contributed by atoms with Crippen LogP contribution in [0.1, 0.15) is 54.1 Å². The van der Waals surface area contributed by atoms with Gasteiger partial charge in [-0.1, -0.05) is 18.2 Å². The van der Waals surface area contributed by atoms with Gasteiger partial charge in [-0.05, 0) is 50.4 Å². The van der Waals surface area contributed by atoms with Crippen LogP contribution in [0.3, 0.4) is 0 Å². The molecule has 2 unspecified atom stereocenters. The number of piperidine rings is 2. The molecule has 1 aromatic carbocycles. The Balaban J connectivity index is 1.20. The van der Waals surface area contributed by atoms with Crippen molar-refractivity contribution in [3.05, 3.63) is 34.9 Å². The van der Waals surface area contributed by atoms with E-state index in [1.54, 1.807) is 4.90 Å². The molecule has 33 heavy (non-hydrogen) atoms.